The maximum Gasteiger partial charge on any atom is 0.326 e. The van der Waals surface area contributed by atoms with Crippen molar-refractivity contribution in [2.45, 2.75) is 76.7 Å². The average molecular weight is 444 g/mol. The second kappa shape index (κ2) is 12.2. The van der Waals surface area contributed by atoms with Crippen molar-refractivity contribution >= 4 is 29.6 Å². The van der Waals surface area contributed by atoms with Crippen LogP contribution in [0.3, 0.4) is 0 Å². The largest absolute Gasteiger partial charge is 0.480 e. The summed E-state index contributed by atoms with van der Waals surface area (Å²) in [5.41, 5.74) is 5.03. The molecule has 5 atom stereocenters. The minimum absolute atomic E-state index is 0.198. The summed E-state index contributed by atoms with van der Waals surface area (Å²) in [6.07, 6.45) is -0.237. The molecule has 1 saturated heterocycles. The van der Waals surface area contributed by atoms with E-state index in [1.807, 2.05) is 0 Å². The number of nitrogens with two attached hydrogens (primary N) is 1. The SMILES string of the molecule is CC(C)C(NC(=O)C(NC(=O)C1CCCN1)C(C)O)C(=O)NC(CCC(N)=O)C(=O)O. The van der Waals surface area contributed by atoms with Gasteiger partial charge in [0.15, 0.2) is 0 Å². The van der Waals surface area contributed by atoms with Gasteiger partial charge in [-0.15, -0.1) is 0 Å². The van der Waals surface area contributed by atoms with Crippen LogP contribution in [0.15, 0.2) is 0 Å². The van der Waals surface area contributed by atoms with Crippen LogP contribution in [0.5, 0.6) is 0 Å². The first-order valence-corrected chi connectivity index (χ1v) is 10.3. The van der Waals surface area contributed by atoms with Crippen LogP contribution in [-0.4, -0.2) is 76.6 Å². The number of nitrogens with one attached hydrogen (secondary N) is 4. The number of aliphatic hydroxyl groups excluding tert-OH is 1. The molecule has 12 heteroatoms. The number of hydrogen-bond donors (Lipinski definition) is 7. The minimum Gasteiger partial charge on any atom is -0.480 e. The maximum atomic E-state index is 12.7. The number of carboxylic acid groups (broad SMARTS) is 1. The number of carbonyl (C=O) groups excluding carboxylic acids is 4. The average Bonchev–Trinajstić information content (AvgIpc) is 3.20. The van der Waals surface area contributed by atoms with E-state index < -0.39 is 65.8 Å². The molecular weight excluding hydrogens is 410 g/mol. The fraction of sp³-hybridized carbons (Fsp3) is 0.737. The predicted octanol–water partition coefficient (Wildman–Crippen LogP) is -2.42. The van der Waals surface area contributed by atoms with Crippen molar-refractivity contribution in [3.8, 4) is 0 Å². The molecule has 0 aromatic rings. The highest BCUT2D eigenvalue weighted by molar-refractivity contribution is 5.94. The highest BCUT2D eigenvalue weighted by atomic mass is 16.4. The Kier molecular flexibility index (Phi) is 10.4. The quantitative estimate of drug-likeness (QED) is 0.173. The van der Waals surface area contributed by atoms with Crippen molar-refractivity contribution in [1.82, 2.24) is 21.3 Å². The lowest BCUT2D eigenvalue weighted by Gasteiger charge is -2.28. The fourth-order valence-electron chi connectivity index (χ4n) is 3.15. The van der Waals surface area contributed by atoms with E-state index in [1.165, 1.54) is 6.92 Å². The zero-order chi connectivity index (χ0) is 23.7. The third kappa shape index (κ3) is 8.50. The molecule has 1 aliphatic rings. The van der Waals surface area contributed by atoms with Crippen LogP contribution in [0.1, 0.15) is 46.5 Å². The topological polar surface area (TPSA) is 200 Å². The summed E-state index contributed by atoms with van der Waals surface area (Å²) in [7, 11) is 0. The third-order valence-corrected chi connectivity index (χ3v) is 4.98. The number of carboxylic acids is 1. The molecule has 1 rings (SSSR count). The lowest BCUT2D eigenvalue weighted by molar-refractivity contribution is -0.143. The molecule has 0 aliphatic carbocycles. The van der Waals surface area contributed by atoms with Crippen molar-refractivity contribution in [1.29, 1.82) is 0 Å². The van der Waals surface area contributed by atoms with E-state index in [2.05, 4.69) is 21.3 Å². The van der Waals surface area contributed by atoms with Gasteiger partial charge in [-0.2, -0.15) is 0 Å². The monoisotopic (exact) mass is 443 g/mol. The van der Waals surface area contributed by atoms with Gasteiger partial charge in [0.25, 0.3) is 0 Å². The zero-order valence-corrected chi connectivity index (χ0v) is 18.0. The van der Waals surface area contributed by atoms with E-state index >= 15 is 0 Å². The molecule has 31 heavy (non-hydrogen) atoms. The fourth-order valence-corrected chi connectivity index (χ4v) is 3.15. The van der Waals surface area contributed by atoms with E-state index in [0.29, 0.717) is 13.0 Å². The molecule has 0 bridgehead atoms. The van der Waals surface area contributed by atoms with Crippen molar-refractivity contribution in [2.24, 2.45) is 11.7 Å². The van der Waals surface area contributed by atoms with Crippen molar-refractivity contribution in [2.75, 3.05) is 6.54 Å². The summed E-state index contributed by atoms with van der Waals surface area (Å²) in [4.78, 5) is 60.0. The Labute approximate surface area is 180 Å². The summed E-state index contributed by atoms with van der Waals surface area (Å²) >= 11 is 0. The van der Waals surface area contributed by atoms with Gasteiger partial charge in [-0.1, -0.05) is 13.8 Å². The molecule has 0 saturated carbocycles. The van der Waals surface area contributed by atoms with Gasteiger partial charge < -0.3 is 37.2 Å². The van der Waals surface area contributed by atoms with Crippen LogP contribution in [0.25, 0.3) is 0 Å². The molecule has 5 unspecified atom stereocenters. The lowest BCUT2D eigenvalue weighted by Crippen LogP contribution is -2.60. The summed E-state index contributed by atoms with van der Waals surface area (Å²) in [6, 6.07) is -4.25. The molecule has 4 amide bonds. The van der Waals surface area contributed by atoms with Crippen LogP contribution in [-0.2, 0) is 24.0 Å². The number of primary amides is 1. The molecule has 0 aromatic carbocycles. The number of aliphatic hydroxyl groups is 1. The van der Waals surface area contributed by atoms with E-state index in [0.717, 1.165) is 6.42 Å². The van der Waals surface area contributed by atoms with Crippen molar-refractivity contribution in [3.05, 3.63) is 0 Å². The summed E-state index contributed by atoms with van der Waals surface area (Å²) in [5, 5.41) is 29.5. The molecule has 1 heterocycles. The van der Waals surface area contributed by atoms with E-state index in [9.17, 15) is 34.2 Å². The summed E-state index contributed by atoms with van der Waals surface area (Å²) < 4.78 is 0. The first kappa shape index (κ1) is 26.3. The van der Waals surface area contributed by atoms with E-state index in [1.54, 1.807) is 13.8 Å². The van der Waals surface area contributed by atoms with Crippen LogP contribution in [0.2, 0.25) is 0 Å². The van der Waals surface area contributed by atoms with Crippen molar-refractivity contribution in [3.63, 3.8) is 0 Å². The lowest BCUT2D eigenvalue weighted by atomic mass is 10.0. The van der Waals surface area contributed by atoms with Gasteiger partial charge in [0.05, 0.1) is 12.1 Å². The zero-order valence-electron chi connectivity index (χ0n) is 18.0. The van der Waals surface area contributed by atoms with E-state index in [4.69, 9.17) is 5.73 Å². The van der Waals surface area contributed by atoms with Gasteiger partial charge in [-0.25, -0.2) is 4.79 Å². The molecule has 0 spiro atoms. The Hall–Kier alpha value is -2.73. The number of amides is 4. The Bertz CT molecular complexity index is 677. The van der Waals surface area contributed by atoms with Crippen LogP contribution >= 0.6 is 0 Å². The molecular formula is C19H33N5O7. The van der Waals surface area contributed by atoms with Gasteiger partial charge in [-0.05, 0) is 38.6 Å². The maximum absolute atomic E-state index is 12.7. The second-order valence-corrected chi connectivity index (χ2v) is 8.01. The standard InChI is InChI=1S/C19H33N5O7/c1-9(2)14(17(28)22-12(19(30)31)6-7-13(20)26)23-18(29)15(10(3)25)24-16(27)11-5-4-8-21-11/h9-12,14-15,21,25H,4-8H2,1-3H3,(H2,20,26)(H,22,28)(H,23,29)(H,24,27)(H,30,31). The number of hydrogen-bond acceptors (Lipinski definition) is 7. The van der Waals surface area contributed by atoms with Crippen LogP contribution < -0.4 is 27.0 Å². The predicted molar refractivity (Wildman–Crippen MR) is 109 cm³/mol. The minimum atomic E-state index is -1.36. The van der Waals surface area contributed by atoms with Crippen molar-refractivity contribution < 1.29 is 34.2 Å². The molecule has 176 valence electrons. The molecule has 12 nitrogen and oxygen atoms in total. The van der Waals surface area contributed by atoms with Gasteiger partial charge in [-0.3, -0.25) is 19.2 Å². The van der Waals surface area contributed by atoms with E-state index in [-0.39, 0.29) is 12.8 Å². The molecule has 1 fully saturated rings. The second-order valence-electron chi connectivity index (χ2n) is 8.01. The van der Waals surface area contributed by atoms with Gasteiger partial charge in [0, 0.05) is 6.42 Å². The van der Waals surface area contributed by atoms with Gasteiger partial charge in [0.2, 0.25) is 23.6 Å². The summed E-state index contributed by atoms with van der Waals surface area (Å²) in [5.74, 6) is -4.46. The van der Waals surface area contributed by atoms with Gasteiger partial charge in [0.1, 0.15) is 18.1 Å². The highest BCUT2D eigenvalue weighted by Crippen LogP contribution is 2.08. The van der Waals surface area contributed by atoms with Crippen LogP contribution in [0, 0.1) is 5.92 Å². The smallest absolute Gasteiger partial charge is 0.326 e. The Balaban J connectivity index is 2.83. The Morgan fingerprint density at radius 2 is 1.65 bits per heavy atom. The first-order chi connectivity index (χ1) is 14.4. The van der Waals surface area contributed by atoms with Gasteiger partial charge >= 0.3 is 5.97 Å². The number of carbonyl (C=O) groups is 5. The molecule has 0 aromatic heterocycles. The highest BCUT2D eigenvalue weighted by Gasteiger charge is 2.34. The molecule has 1 aliphatic heterocycles. The normalized spacial score (nSPS) is 19.7. The molecule has 0 radical (unpaired) electrons. The number of rotatable bonds is 12. The Morgan fingerprint density at radius 3 is 2.10 bits per heavy atom. The number of aliphatic carboxylic acids is 1. The molecule has 8 N–H and O–H groups in total. The van der Waals surface area contributed by atoms with Crippen LogP contribution in [0.4, 0.5) is 0 Å². The third-order valence-electron chi connectivity index (χ3n) is 4.98. The first-order valence-electron chi connectivity index (χ1n) is 10.3. The Morgan fingerprint density at radius 1 is 1.03 bits per heavy atom. The summed E-state index contributed by atoms with van der Waals surface area (Å²) in [6.45, 7) is 5.30.